The van der Waals surface area contributed by atoms with Crippen molar-refractivity contribution in [1.29, 1.82) is 0 Å². The van der Waals surface area contributed by atoms with Gasteiger partial charge in [0.1, 0.15) is 17.5 Å². The Labute approximate surface area is 126 Å². The summed E-state index contributed by atoms with van der Waals surface area (Å²) in [6.07, 6.45) is 2.91. The van der Waals surface area contributed by atoms with E-state index >= 15 is 0 Å². The van der Waals surface area contributed by atoms with Crippen molar-refractivity contribution in [2.75, 3.05) is 10.7 Å². The first-order valence-corrected chi connectivity index (χ1v) is 7.41. The van der Waals surface area contributed by atoms with Crippen LogP contribution in [0, 0.1) is 0 Å². The van der Waals surface area contributed by atoms with Crippen LogP contribution in [0.4, 0.5) is 11.6 Å². The highest BCUT2D eigenvalue weighted by Crippen LogP contribution is 2.13. The monoisotopic (exact) mass is 285 g/mol. The van der Waals surface area contributed by atoms with Crippen LogP contribution in [0.5, 0.6) is 0 Å². The van der Waals surface area contributed by atoms with Crippen molar-refractivity contribution in [2.45, 2.75) is 39.7 Å². The quantitative estimate of drug-likeness (QED) is 0.538. The number of aromatic nitrogens is 2. The molecule has 0 atom stereocenters. The Morgan fingerprint density at radius 2 is 1.67 bits per heavy atom. The van der Waals surface area contributed by atoms with Crippen molar-refractivity contribution in [3.05, 3.63) is 47.3 Å². The Morgan fingerprint density at radius 1 is 1.00 bits per heavy atom. The molecule has 112 valence electrons. The number of rotatable bonds is 7. The van der Waals surface area contributed by atoms with E-state index in [1.807, 2.05) is 6.07 Å². The Morgan fingerprint density at radius 3 is 2.29 bits per heavy atom. The molecule has 0 fully saturated rings. The molecule has 0 aliphatic rings. The van der Waals surface area contributed by atoms with Gasteiger partial charge in [0.2, 0.25) is 0 Å². The van der Waals surface area contributed by atoms with E-state index in [9.17, 15) is 0 Å². The number of aryl methyl sites for hydroxylation is 2. The molecule has 5 nitrogen and oxygen atoms in total. The topological polar surface area (TPSA) is 75.9 Å². The molecule has 0 unspecified atom stereocenters. The van der Waals surface area contributed by atoms with Crippen molar-refractivity contribution in [3.8, 4) is 0 Å². The lowest BCUT2D eigenvalue weighted by atomic mass is 10.1. The SMILES string of the molecule is CCCc1nc(NN)cc(NCc2ccc(CC)cc2)n1. The molecule has 2 rings (SSSR count). The van der Waals surface area contributed by atoms with E-state index in [1.54, 1.807) is 0 Å². The second kappa shape index (κ2) is 7.59. The molecule has 0 radical (unpaired) electrons. The van der Waals surface area contributed by atoms with Gasteiger partial charge < -0.3 is 10.7 Å². The molecule has 0 saturated heterocycles. The number of anilines is 2. The molecule has 21 heavy (non-hydrogen) atoms. The van der Waals surface area contributed by atoms with Gasteiger partial charge in [0.05, 0.1) is 0 Å². The number of nitrogens with one attached hydrogen (secondary N) is 2. The number of nitrogen functional groups attached to an aromatic ring is 1. The summed E-state index contributed by atoms with van der Waals surface area (Å²) >= 11 is 0. The molecule has 0 aliphatic heterocycles. The first-order chi connectivity index (χ1) is 10.2. The van der Waals surface area contributed by atoms with Gasteiger partial charge in [0.15, 0.2) is 0 Å². The highest BCUT2D eigenvalue weighted by Gasteiger charge is 2.03. The zero-order chi connectivity index (χ0) is 15.1. The zero-order valence-corrected chi connectivity index (χ0v) is 12.7. The van der Waals surface area contributed by atoms with E-state index in [0.29, 0.717) is 5.82 Å². The molecule has 0 amide bonds. The summed E-state index contributed by atoms with van der Waals surface area (Å²) in [4.78, 5) is 8.83. The normalized spacial score (nSPS) is 10.4. The van der Waals surface area contributed by atoms with Gasteiger partial charge in [-0.2, -0.15) is 0 Å². The van der Waals surface area contributed by atoms with Crippen molar-refractivity contribution in [3.63, 3.8) is 0 Å². The van der Waals surface area contributed by atoms with Gasteiger partial charge in [-0.05, 0) is 24.0 Å². The second-order valence-electron chi connectivity index (χ2n) is 4.97. The van der Waals surface area contributed by atoms with E-state index < -0.39 is 0 Å². The largest absolute Gasteiger partial charge is 0.366 e. The van der Waals surface area contributed by atoms with Crippen molar-refractivity contribution < 1.29 is 0 Å². The van der Waals surface area contributed by atoms with Crippen molar-refractivity contribution >= 4 is 11.6 Å². The Hall–Kier alpha value is -2.14. The highest BCUT2D eigenvalue weighted by atomic mass is 15.3. The molecule has 0 aliphatic carbocycles. The molecule has 4 N–H and O–H groups in total. The van der Waals surface area contributed by atoms with Crippen LogP contribution in [-0.4, -0.2) is 9.97 Å². The van der Waals surface area contributed by atoms with Crippen molar-refractivity contribution in [2.24, 2.45) is 5.84 Å². The minimum absolute atomic E-state index is 0.636. The number of hydrogen-bond donors (Lipinski definition) is 3. The molecule has 1 aromatic heterocycles. The molecule has 0 spiro atoms. The number of hydrogen-bond acceptors (Lipinski definition) is 5. The summed E-state index contributed by atoms with van der Waals surface area (Å²) in [5.74, 6) is 7.69. The summed E-state index contributed by atoms with van der Waals surface area (Å²) in [5.41, 5.74) is 5.16. The van der Waals surface area contributed by atoms with Crippen LogP contribution < -0.4 is 16.6 Å². The lowest BCUT2D eigenvalue weighted by Gasteiger charge is -2.10. The molecule has 5 heteroatoms. The smallest absolute Gasteiger partial charge is 0.145 e. The lowest BCUT2D eigenvalue weighted by molar-refractivity contribution is 0.834. The average molecular weight is 285 g/mol. The van der Waals surface area contributed by atoms with Gasteiger partial charge in [-0.15, -0.1) is 0 Å². The number of benzene rings is 1. The Kier molecular flexibility index (Phi) is 5.51. The fraction of sp³-hybridized carbons (Fsp3) is 0.375. The first kappa shape index (κ1) is 15.3. The maximum atomic E-state index is 5.45. The van der Waals surface area contributed by atoms with E-state index in [4.69, 9.17) is 5.84 Å². The third-order valence-corrected chi connectivity index (χ3v) is 3.30. The molecular weight excluding hydrogens is 262 g/mol. The van der Waals surface area contributed by atoms with Crippen LogP contribution in [0.3, 0.4) is 0 Å². The fourth-order valence-corrected chi connectivity index (χ4v) is 2.08. The minimum atomic E-state index is 0.636. The first-order valence-electron chi connectivity index (χ1n) is 7.41. The van der Waals surface area contributed by atoms with Crippen LogP contribution >= 0.6 is 0 Å². The van der Waals surface area contributed by atoms with Gasteiger partial charge in [-0.3, -0.25) is 0 Å². The maximum absolute atomic E-state index is 5.45. The van der Waals surface area contributed by atoms with Gasteiger partial charge in [-0.25, -0.2) is 15.8 Å². The highest BCUT2D eigenvalue weighted by molar-refractivity contribution is 5.47. The predicted octanol–water partition coefficient (Wildman–Crippen LogP) is 2.89. The van der Waals surface area contributed by atoms with E-state index in [1.165, 1.54) is 11.1 Å². The van der Waals surface area contributed by atoms with Crippen molar-refractivity contribution in [1.82, 2.24) is 9.97 Å². The van der Waals surface area contributed by atoms with Gasteiger partial charge >= 0.3 is 0 Å². The summed E-state index contributed by atoms with van der Waals surface area (Å²) in [6, 6.07) is 10.4. The average Bonchev–Trinajstić information content (AvgIpc) is 2.53. The van der Waals surface area contributed by atoms with Gasteiger partial charge in [-0.1, -0.05) is 38.1 Å². The van der Waals surface area contributed by atoms with Crippen LogP contribution in [0.2, 0.25) is 0 Å². The van der Waals surface area contributed by atoms with E-state index in [0.717, 1.165) is 37.4 Å². The third kappa shape index (κ3) is 4.43. The van der Waals surface area contributed by atoms with Gasteiger partial charge in [0, 0.05) is 19.0 Å². The molecule has 2 aromatic rings. The van der Waals surface area contributed by atoms with Crippen LogP contribution in [0.1, 0.15) is 37.2 Å². The van der Waals surface area contributed by atoms with Crippen LogP contribution in [0.25, 0.3) is 0 Å². The second-order valence-corrected chi connectivity index (χ2v) is 4.97. The fourth-order valence-electron chi connectivity index (χ4n) is 2.08. The van der Waals surface area contributed by atoms with E-state index in [-0.39, 0.29) is 0 Å². The Balaban J connectivity index is 2.05. The minimum Gasteiger partial charge on any atom is -0.366 e. The molecule has 1 aromatic carbocycles. The zero-order valence-electron chi connectivity index (χ0n) is 12.7. The molecule has 0 saturated carbocycles. The summed E-state index contributed by atoms with van der Waals surface area (Å²) in [7, 11) is 0. The predicted molar refractivity (Wildman–Crippen MR) is 87.0 cm³/mol. The van der Waals surface area contributed by atoms with E-state index in [2.05, 4.69) is 58.8 Å². The lowest BCUT2D eigenvalue weighted by Crippen LogP contribution is -2.12. The van der Waals surface area contributed by atoms with Crippen LogP contribution in [-0.2, 0) is 19.4 Å². The Bertz CT molecular complexity index is 565. The third-order valence-electron chi connectivity index (χ3n) is 3.30. The molecule has 1 heterocycles. The number of nitrogens with two attached hydrogens (primary N) is 1. The molecule has 0 bridgehead atoms. The molecular formula is C16H23N5. The van der Waals surface area contributed by atoms with Gasteiger partial charge in [0.25, 0.3) is 0 Å². The number of nitrogens with zero attached hydrogens (tertiary/aromatic N) is 2. The van der Waals surface area contributed by atoms with Crippen LogP contribution in [0.15, 0.2) is 30.3 Å². The summed E-state index contributed by atoms with van der Waals surface area (Å²) in [5, 5.41) is 3.33. The summed E-state index contributed by atoms with van der Waals surface area (Å²) in [6.45, 7) is 5.00. The number of hydrazine groups is 1. The maximum Gasteiger partial charge on any atom is 0.145 e. The standard InChI is InChI=1S/C16H23N5/c1-3-5-14-19-15(10-16(20-14)21-17)18-11-13-8-6-12(4-2)7-9-13/h6-10H,3-5,11,17H2,1-2H3,(H2,18,19,20,21). The summed E-state index contributed by atoms with van der Waals surface area (Å²) < 4.78 is 0.